The summed E-state index contributed by atoms with van der Waals surface area (Å²) in [5, 5.41) is 0. The maximum Gasteiger partial charge on any atom is 0.363 e. The minimum absolute atomic E-state index is 0.146. The maximum absolute atomic E-state index is 12.1. The van der Waals surface area contributed by atoms with Crippen molar-refractivity contribution >= 4 is 17.9 Å². The van der Waals surface area contributed by atoms with Crippen LogP contribution in [0, 0.1) is 19.3 Å². The van der Waals surface area contributed by atoms with Crippen molar-refractivity contribution in [2.75, 3.05) is 13.7 Å². The summed E-state index contributed by atoms with van der Waals surface area (Å²) >= 11 is 0. The van der Waals surface area contributed by atoms with Gasteiger partial charge in [-0.2, -0.15) is 0 Å². The summed E-state index contributed by atoms with van der Waals surface area (Å²) in [6.45, 7) is 2.13. The highest BCUT2D eigenvalue weighted by Crippen LogP contribution is 2.29. The number of carbonyl (C=O) groups excluding carboxylic acids is 1. The van der Waals surface area contributed by atoms with Crippen LogP contribution in [-0.2, 0) is 9.53 Å². The Bertz CT molecular complexity index is 933. The smallest absolute Gasteiger partial charge is 0.363 e. The standard InChI is InChI=1S/C21H17NO4/c1-4-11-25-18-10-7-15(13-19(18)24-3)12-17-21(23)26-20(22-17)16-8-5-14(2)6-9-16/h1,5-10,12-13H,11H2,2-3H3. The topological polar surface area (TPSA) is 57.1 Å². The molecule has 1 heterocycles. The summed E-state index contributed by atoms with van der Waals surface area (Å²) in [7, 11) is 1.53. The third-order valence-corrected chi connectivity index (χ3v) is 3.72. The number of hydrogen-bond donors (Lipinski definition) is 0. The van der Waals surface area contributed by atoms with Gasteiger partial charge in [0.2, 0.25) is 5.90 Å². The summed E-state index contributed by atoms with van der Waals surface area (Å²) < 4.78 is 16.0. The molecule has 0 bridgehead atoms. The predicted octanol–water partition coefficient (Wildman–Crippen LogP) is 3.36. The summed E-state index contributed by atoms with van der Waals surface area (Å²) in [5.41, 5.74) is 2.83. The van der Waals surface area contributed by atoms with Gasteiger partial charge in [0, 0.05) is 5.56 Å². The number of aliphatic imine (C=N–C) groups is 1. The van der Waals surface area contributed by atoms with Crippen molar-refractivity contribution in [3.63, 3.8) is 0 Å². The van der Waals surface area contributed by atoms with E-state index in [1.807, 2.05) is 31.2 Å². The molecule has 5 heteroatoms. The van der Waals surface area contributed by atoms with Crippen molar-refractivity contribution in [3.8, 4) is 23.8 Å². The van der Waals surface area contributed by atoms with Gasteiger partial charge in [-0.25, -0.2) is 9.79 Å². The molecule has 0 amide bonds. The summed E-state index contributed by atoms with van der Waals surface area (Å²) in [5.74, 6) is 3.25. The number of rotatable bonds is 5. The zero-order valence-electron chi connectivity index (χ0n) is 14.5. The average Bonchev–Trinajstić information content (AvgIpc) is 3.01. The van der Waals surface area contributed by atoms with Crippen LogP contribution in [-0.4, -0.2) is 25.6 Å². The number of carbonyl (C=O) groups is 1. The van der Waals surface area contributed by atoms with E-state index in [4.69, 9.17) is 20.6 Å². The second-order valence-corrected chi connectivity index (χ2v) is 5.61. The van der Waals surface area contributed by atoms with E-state index in [0.717, 1.165) is 16.7 Å². The van der Waals surface area contributed by atoms with Crippen molar-refractivity contribution in [1.29, 1.82) is 0 Å². The van der Waals surface area contributed by atoms with E-state index in [2.05, 4.69) is 10.9 Å². The van der Waals surface area contributed by atoms with E-state index in [1.165, 1.54) is 7.11 Å². The number of terminal acetylenes is 1. The molecule has 0 unspecified atom stereocenters. The van der Waals surface area contributed by atoms with Crippen molar-refractivity contribution in [2.45, 2.75) is 6.92 Å². The Morgan fingerprint density at radius 3 is 2.65 bits per heavy atom. The molecule has 2 aromatic rings. The SMILES string of the molecule is C#CCOc1ccc(C=C2N=C(c3ccc(C)cc3)OC2=O)cc1OC. The van der Waals surface area contributed by atoms with Gasteiger partial charge in [0.05, 0.1) is 7.11 Å². The zero-order chi connectivity index (χ0) is 18.5. The largest absolute Gasteiger partial charge is 0.493 e. The number of benzene rings is 2. The Balaban J connectivity index is 1.88. The Kier molecular flexibility index (Phi) is 5.04. The number of aryl methyl sites for hydroxylation is 1. The van der Waals surface area contributed by atoms with Gasteiger partial charge in [-0.1, -0.05) is 29.7 Å². The molecule has 1 aliphatic heterocycles. The minimum Gasteiger partial charge on any atom is -0.493 e. The second kappa shape index (κ2) is 7.58. The predicted molar refractivity (Wildman–Crippen MR) is 99.1 cm³/mol. The quantitative estimate of drug-likeness (QED) is 0.473. The molecule has 0 saturated carbocycles. The van der Waals surface area contributed by atoms with Gasteiger partial charge < -0.3 is 14.2 Å². The van der Waals surface area contributed by atoms with Crippen LogP contribution in [0.2, 0.25) is 0 Å². The molecule has 0 spiro atoms. The maximum atomic E-state index is 12.1. The van der Waals surface area contributed by atoms with Crippen LogP contribution in [0.4, 0.5) is 0 Å². The molecule has 0 N–H and O–H groups in total. The van der Waals surface area contributed by atoms with Crippen molar-refractivity contribution in [3.05, 3.63) is 64.9 Å². The monoisotopic (exact) mass is 347 g/mol. The first-order valence-electron chi connectivity index (χ1n) is 7.94. The lowest BCUT2D eigenvalue weighted by Gasteiger charge is -2.09. The molecular formula is C21H17NO4. The normalized spacial score (nSPS) is 14.6. The molecule has 26 heavy (non-hydrogen) atoms. The van der Waals surface area contributed by atoms with Gasteiger partial charge in [-0.3, -0.25) is 0 Å². The lowest BCUT2D eigenvalue weighted by Crippen LogP contribution is -2.05. The Labute approximate surface area is 151 Å². The highest BCUT2D eigenvalue weighted by Gasteiger charge is 2.24. The Morgan fingerprint density at radius 1 is 1.19 bits per heavy atom. The van der Waals surface area contributed by atoms with Crippen LogP contribution < -0.4 is 9.47 Å². The number of nitrogens with zero attached hydrogens (tertiary/aromatic N) is 1. The van der Waals surface area contributed by atoms with Crippen LogP contribution in [0.15, 0.2) is 53.2 Å². The van der Waals surface area contributed by atoms with Crippen LogP contribution in [0.1, 0.15) is 16.7 Å². The van der Waals surface area contributed by atoms with Crippen LogP contribution in [0.5, 0.6) is 11.5 Å². The lowest BCUT2D eigenvalue weighted by molar-refractivity contribution is -0.129. The Morgan fingerprint density at radius 2 is 1.96 bits per heavy atom. The van der Waals surface area contributed by atoms with E-state index >= 15 is 0 Å². The van der Waals surface area contributed by atoms with Crippen LogP contribution in [0.3, 0.4) is 0 Å². The molecule has 0 saturated heterocycles. The first-order valence-corrected chi connectivity index (χ1v) is 7.94. The lowest BCUT2D eigenvalue weighted by atomic mass is 10.1. The third kappa shape index (κ3) is 3.76. The molecule has 1 aliphatic rings. The van der Waals surface area contributed by atoms with Gasteiger partial charge >= 0.3 is 5.97 Å². The highest BCUT2D eigenvalue weighted by molar-refractivity contribution is 6.12. The molecule has 5 nitrogen and oxygen atoms in total. The average molecular weight is 347 g/mol. The number of hydrogen-bond acceptors (Lipinski definition) is 5. The molecule has 0 fully saturated rings. The summed E-state index contributed by atoms with van der Waals surface area (Å²) in [6.07, 6.45) is 6.84. The van der Waals surface area contributed by atoms with E-state index in [0.29, 0.717) is 17.4 Å². The Hall–Kier alpha value is -3.52. The van der Waals surface area contributed by atoms with E-state index in [9.17, 15) is 4.79 Å². The van der Waals surface area contributed by atoms with E-state index < -0.39 is 5.97 Å². The first-order chi connectivity index (χ1) is 12.6. The second-order valence-electron chi connectivity index (χ2n) is 5.61. The molecule has 3 rings (SSSR count). The van der Waals surface area contributed by atoms with Gasteiger partial charge in [0.15, 0.2) is 17.2 Å². The molecule has 0 radical (unpaired) electrons. The third-order valence-electron chi connectivity index (χ3n) is 3.72. The summed E-state index contributed by atoms with van der Waals surface area (Å²) in [6, 6.07) is 12.9. The molecule has 2 aromatic carbocycles. The number of esters is 1. The zero-order valence-corrected chi connectivity index (χ0v) is 14.5. The molecule has 130 valence electrons. The fourth-order valence-corrected chi connectivity index (χ4v) is 2.40. The van der Waals surface area contributed by atoms with Gasteiger partial charge in [0.25, 0.3) is 0 Å². The molecule has 0 atom stereocenters. The molecular weight excluding hydrogens is 330 g/mol. The number of methoxy groups -OCH3 is 1. The minimum atomic E-state index is -0.493. The van der Waals surface area contributed by atoms with Crippen LogP contribution in [0.25, 0.3) is 6.08 Å². The van der Waals surface area contributed by atoms with Crippen molar-refractivity contribution in [2.24, 2.45) is 4.99 Å². The summed E-state index contributed by atoms with van der Waals surface area (Å²) in [4.78, 5) is 16.4. The first kappa shape index (κ1) is 17.3. The van der Waals surface area contributed by atoms with E-state index in [1.54, 1.807) is 24.3 Å². The number of ether oxygens (including phenoxy) is 3. The van der Waals surface area contributed by atoms with Crippen LogP contribution >= 0.6 is 0 Å². The fraction of sp³-hybridized carbons (Fsp3) is 0.143. The van der Waals surface area contributed by atoms with E-state index in [-0.39, 0.29) is 12.3 Å². The molecule has 0 aromatic heterocycles. The highest BCUT2D eigenvalue weighted by atomic mass is 16.6. The van der Waals surface area contributed by atoms with Crippen molar-refractivity contribution in [1.82, 2.24) is 0 Å². The fourth-order valence-electron chi connectivity index (χ4n) is 2.40. The molecule has 0 aliphatic carbocycles. The van der Waals surface area contributed by atoms with Gasteiger partial charge in [-0.05, 0) is 42.8 Å². The number of cyclic esters (lactones) is 1. The van der Waals surface area contributed by atoms with Gasteiger partial charge in [-0.15, -0.1) is 6.42 Å². The van der Waals surface area contributed by atoms with Gasteiger partial charge in [0.1, 0.15) is 6.61 Å². The van der Waals surface area contributed by atoms with Crippen molar-refractivity contribution < 1.29 is 19.0 Å².